The highest BCUT2D eigenvalue weighted by Gasteiger charge is 2.40. The van der Waals surface area contributed by atoms with E-state index in [0.717, 1.165) is 22.3 Å². The van der Waals surface area contributed by atoms with Gasteiger partial charge in [-0.05, 0) is 99.9 Å². The molecule has 12 nitrogen and oxygen atoms in total. The number of nitrogens with zero attached hydrogens (tertiary/aromatic N) is 4. The van der Waals surface area contributed by atoms with E-state index < -0.39 is 17.1 Å². The Kier molecular flexibility index (Phi) is 11.7. The van der Waals surface area contributed by atoms with Gasteiger partial charge in [-0.3, -0.25) is 19.8 Å². The molecule has 0 saturated carbocycles. The van der Waals surface area contributed by atoms with Gasteiger partial charge in [-0.1, -0.05) is 43.3 Å². The smallest absolute Gasteiger partial charge is 0.410 e. The minimum absolute atomic E-state index is 0.0951. The summed E-state index contributed by atoms with van der Waals surface area (Å²) in [5, 5.41) is 13.9. The van der Waals surface area contributed by atoms with Crippen molar-refractivity contribution >= 4 is 41.2 Å². The Bertz CT molecular complexity index is 1800. The second-order valence-electron chi connectivity index (χ2n) is 15.2. The Hall–Kier alpha value is -5.26. The van der Waals surface area contributed by atoms with E-state index in [4.69, 9.17) is 10.1 Å². The number of carbonyl (C=O) groups is 4. The Morgan fingerprint density at radius 1 is 0.942 bits per heavy atom. The first kappa shape index (κ1) is 38.0. The largest absolute Gasteiger partial charge is 0.444 e. The molecule has 4 amide bonds. The predicted octanol–water partition coefficient (Wildman–Crippen LogP) is 5.87. The number of pyridine rings is 1. The first-order valence-electron chi connectivity index (χ1n) is 17.8. The molecule has 2 aliphatic rings. The molecule has 1 atom stereocenters. The minimum atomic E-state index is -0.715. The third kappa shape index (κ3) is 9.74. The number of nitrogens with one attached hydrogen (secondary N) is 3. The summed E-state index contributed by atoms with van der Waals surface area (Å²) >= 11 is 0. The summed E-state index contributed by atoms with van der Waals surface area (Å²) in [6.07, 6.45) is 3.44. The SMILES string of the molecule is CC(=N)N1CCC(C)(C(=O)N(CC(=O)Nc2ccc3c(c2)CC(C(=O)Nc2ccccn2)C3)Cc2ccccc2CN(C)C(=O)OC(C)(C)C)CC1. The maximum atomic E-state index is 14.4. The van der Waals surface area contributed by atoms with Gasteiger partial charge in [0.2, 0.25) is 17.7 Å². The molecule has 3 aromatic rings. The van der Waals surface area contributed by atoms with Crippen LogP contribution in [0.25, 0.3) is 0 Å². The summed E-state index contributed by atoms with van der Waals surface area (Å²) in [5.41, 5.74) is 2.96. The molecule has 1 unspecified atom stereocenters. The molecule has 2 aromatic carbocycles. The summed E-state index contributed by atoms with van der Waals surface area (Å²) in [5.74, 6) is 0.184. The number of ether oxygens (including phenoxy) is 1. The molecule has 12 heteroatoms. The summed E-state index contributed by atoms with van der Waals surface area (Å²) in [6.45, 7) is 10.6. The van der Waals surface area contributed by atoms with E-state index in [1.165, 1.54) is 4.90 Å². The zero-order valence-electron chi connectivity index (χ0n) is 31.1. The Morgan fingerprint density at radius 2 is 1.60 bits per heavy atom. The predicted molar refractivity (Wildman–Crippen MR) is 201 cm³/mol. The molecule has 276 valence electrons. The summed E-state index contributed by atoms with van der Waals surface area (Å²) in [6, 6.07) is 18.7. The van der Waals surface area contributed by atoms with Crippen LogP contribution < -0.4 is 10.6 Å². The highest BCUT2D eigenvalue weighted by molar-refractivity contribution is 5.96. The highest BCUT2D eigenvalue weighted by atomic mass is 16.6. The number of anilines is 2. The van der Waals surface area contributed by atoms with E-state index >= 15 is 0 Å². The zero-order valence-corrected chi connectivity index (χ0v) is 31.1. The van der Waals surface area contributed by atoms with Crippen LogP contribution in [-0.2, 0) is 45.1 Å². The third-order valence-electron chi connectivity index (χ3n) is 9.78. The van der Waals surface area contributed by atoms with Gasteiger partial charge in [0.25, 0.3) is 0 Å². The maximum absolute atomic E-state index is 14.4. The molecule has 52 heavy (non-hydrogen) atoms. The lowest BCUT2D eigenvalue weighted by Crippen LogP contribution is -2.51. The molecule has 1 aliphatic heterocycles. The zero-order chi connectivity index (χ0) is 37.6. The molecule has 0 bridgehead atoms. The maximum Gasteiger partial charge on any atom is 0.410 e. The number of piperidine rings is 1. The Morgan fingerprint density at radius 3 is 2.23 bits per heavy atom. The van der Waals surface area contributed by atoms with Crippen LogP contribution in [0, 0.1) is 16.7 Å². The summed E-state index contributed by atoms with van der Waals surface area (Å²) in [4.78, 5) is 63.2. The van der Waals surface area contributed by atoms with Gasteiger partial charge in [0.1, 0.15) is 18.0 Å². The summed E-state index contributed by atoms with van der Waals surface area (Å²) < 4.78 is 5.56. The van der Waals surface area contributed by atoms with Gasteiger partial charge in [-0.15, -0.1) is 0 Å². The fraction of sp³-hybridized carbons (Fsp3) is 0.450. The first-order valence-corrected chi connectivity index (χ1v) is 17.8. The van der Waals surface area contributed by atoms with Gasteiger partial charge in [0, 0.05) is 56.4 Å². The lowest BCUT2D eigenvalue weighted by atomic mass is 9.78. The molecular weight excluding hydrogens is 658 g/mol. The summed E-state index contributed by atoms with van der Waals surface area (Å²) in [7, 11) is 1.67. The second kappa shape index (κ2) is 16.0. The number of hydrogen-bond donors (Lipinski definition) is 3. The van der Waals surface area contributed by atoms with E-state index in [9.17, 15) is 19.2 Å². The molecule has 0 spiro atoms. The van der Waals surface area contributed by atoms with Crippen LogP contribution in [0.3, 0.4) is 0 Å². The van der Waals surface area contributed by atoms with E-state index in [-0.39, 0.29) is 43.3 Å². The minimum Gasteiger partial charge on any atom is -0.444 e. The van der Waals surface area contributed by atoms with Crippen molar-refractivity contribution in [1.29, 1.82) is 5.41 Å². The van der Waals surface area contributed by atoms with Crippen molar-refractivity contribution in [2.45, 2.75) is 79.0 Å². The number of fused-ring (bicyclic) bond motifs is 1. The normalized spacial score (nSPS) is 16.3. The molecule has 0 radical (unpaired) electrons. The van der Waals surface area contributed by atoms with Crippen molar-refractivity contribution in [2.24, 2.45) is 11.3 Å². The Balaban J connectivity index is 1.31. The van der Waals surface area contributed by atoms with Crippen LogP contribution in [0.15, 0.2) is 66.9 Å². The number of hydrogen-bond acceptors (Lipinski definition) is 7. The van der Waals surface area contributed by atoms with E-state index in [2.05, 4.69) is 15.6 Å². The average Bonchev–Trinajstić information content (AvgIpc) is 3.52. The molecular formula is C40H51N7O5. The van der Waals surface area contributed by atoms with Gasteiger partial charge in [0.15, 0.2) is 0 Å². The topological polar surface area (TPSA) is 148 Å². The second-order valence-corrected chi connectivity index (χ2v) is 15.2. The number of likely N-dealkylation sites (tertiary alicyclic amines) is 1. The number of rotatable bonds is 10. The van der Waals surface area contributed by atoms with Gasteiger partial charge >= 0.3 is 6.09 Å². The molecule has 1 aliphatic carbocycles. The highest BCUT2D eigenvalue weighted by Crippen LogP contribution is 2.34. The number of aromatic nitrogens is 1. The van der Waals surface area contributed by atoms with Crippen molar-refractivity contribution in [3.8, 4) is 0 Å². The molecule has 1 saturated heterocycles. The molecule has 5 rings (SSSR count). The van der Waals surface area contributed by atoms with Crippen molar-refractivity contribution in [3.63, 3.8) is 0 Å². The first-order chi connectivity index (χ1) is 24.6. The van der Waals surface area contributed by atoms with Gasteiger partial charge in [-0.2, -0.15) is 0 Å². The fourth-order valence-electron chi connectivity index (χ4n) is 6.78. The molecule has 1 aromatic heterocycles. The number of benzene rings is 2. The molecule has 1 fully saturated rings. The molecule has 3 N–H and O–H groups in total. The van der Waals surface area contributed by atoms with Crippen LogP contribution in [0.1, 0.15) is 69.7 Å². The van der Waals surface area contributed by atoms with Gasteiger partial charge < -0.3 is 30.1 Å². The van der Waals surface area contributed by atoms with Crippen molar-refractivity contribution in [3.05, 3.63) is 89.1 Å². The van der Waals surface area contributed by atoms with E-state index in [1.807, 2.05) is 81.1 Å². The lowest BCUT2D eigenvalue weighted by Gasteiger charge is -2.41. The van der Waals surface area contributed by atoms with Crippen LogP contribution in [0.2, 0.25) is 0 Å². The Labute approximate surface area is 306 Å². The van der Waals surface area contributed by atoms with Crippen molar-refractivity contribution in [2.75, 3.05) is 37.3 Å². The standard InChI is InChI=1S/C40H51N7O5/c1-27(41)46-19-16-40(5,17-20-46)37(50)47(25-30-12-8-7-11-29(30)24-45(6)38(51)52-39(2,3)4)26-35(48)43-33-15-14-28-21-32(22-31(28)23-33)36(49)44-34-13-9-10-18-42-34/h7-15,18,23,32,41H,16-17,19-22,24-26H2,1-6H3,(H,43,48)(H,42,44,49). The van der Waals surface area contributed by atoms with Crippen LogP contribution in [0.4, 0.5) is 16.3 Å². The van der Waals surface area contributed by atoms with Crippen LogP contribution in [-0.4, -0.2) is 81.6 Å². The quantitative estimate of drug-likeness (QED) is 0.176. The molecule has 2 heterocycles. The van der Waals surface area contributed by atoms with Gasteiger partial charge in [-0.25, -0.2) is 9.78 Å². The van der Waals surface area contributed by atoms with E-state index in [0.29, 0.717) is 56.1 Å². The van der Waals surface area contributed by atoms with Crippen LogP contribution in [0.5, 0.6) is 0 Å². The number of amides is 4. The van der Waals surface area contributed by atoms with Gasteiger partial charge in [0.05, 0.1) is 5.84 Å². The fourth-order valence-corrected chi connectivity index (χ4v) is 6.78. The van der Waals surface area contributed by atoms with Crippen LogP contribution >= 0.6 is 0 Å². The van der Waals surface area contributed by atoms with Crippen molar-refractivity contribution < 1.29 is 23.9 Å². The third-order valence-corrected chi connectivity index (χ3v) is 9.78. The number of carbonyl (C=O) groups excluding carboxylic acids is 4. The average molecular weight is 710 g/mol. The number of amidine groups is 1. The lowest BCUT2D eigenvalue weighted by molar-refractivity contribution is -0.146. The monoisotopic (exact) mass is 709 g/mol. The van der Waals surface area contributed by atoms with Crippen molar-refractivity contribution in [1.82, 2.24) is 19.7 Å². The van der Waals surface area contributed by atoms with E-state index in [1.54, 1.807) is 37.2 Å².